The number of amides is 2. The summed E-state index contributed by atoms with van der Waals surface area (Å²) in [7, 11) is 0. The summed E-state index contributed by atoms with van der Waals surface area (Å²) in [5, 5.41) is 5.02. The maximum atomic E-state index is 15.7. The van der Waals surface area contributed by atoms with Gasteiger partial charge in [0.15, 0.2) is 11.2 Å². The van der Waals surface area contributed by atoms with Crippen LogP contribution in [0.5, 0.6) is 0 Å². The minimum atomic E-state index is -1.03. The number of thiazole rings is 1. The van der Waals surface area contributed by atoms with Crippen molar-refractivity contribution in [3.8, 4) is 11.1 Å². The summed E-state index contributed by atoms with van der Waals surface area (Å²) in [6, 6.07) is 10.1. The van der Waals surface area contributed by atoms with Crippen LogP contribution in [-0.2, 0) is 40.4 Å². The zero-order valence-corrected chi connectivity index (χ0v) is 28.8. The lowest BCUT2D eigenvalue weighted by molar-refractivity contribution is -0.156. The Balaban J connectivity index is 0.00000432. The Morgan fingerprint density at radius 1 is 1.04 bits per heavy atom. The molecule has 0 radical (unpaired) electrons. The van der Waals surface area contributed by atoms with E-state index in [1.807, 2.05) is 49.6 Å². The number of ether oxygens (including phenoxy) is 1. The fourth-order valence-corrected chi connectivity index (χ4v) is 7.42. The molecular weight excluding hydrogens is 646 g/mol. The number of nitrogens with zero attached hydrogens (tertiary/aromatic N) is 6. The molecule has 1 saturated heterocycles. The van der Waals surface area contributed by atoms with Gasteiger partial charge in [0.05, 0.1) is 25.1 Å². The summed E-state index contributed by atoms with van der Waals surface area (Å²) < 4.78 is 23.2. The quantitative estimate of drug-likeness (QED) is 0.241. The molecule has 3 aliphatic rings. The van der Waals surface area contributed by atoms with Gasteiger partial charge in [-0.05, 0) is 62.4 Å². The third-order valence-corrected chi connectivity index (χ3v) is 9.91. The third-order valence-electron chi connectivity index (χ3n) is 9.22. The van der Waals surface area contributed by atoms with Gasteiger partial charge in [-0.1, -0.05) is 24.3 Å². The van der Waals surface area contributed by atoms with Gasteiger partial charge >= 0.3 is 5.97 Å². The first kappa shape index (κ1) is 33.1. The van der Waals surface area contributed by atoms with Gasteiger partial charge in [-0.2, -0.15) is 0 Å². The summed E-state index contributed by atoms with van der Waals surface area (Å²) >= 11 is 1.29. The number of hydrogen-bond acceptors (Lipinski definition) is 9. The van der Waals surface area contributed by atoms with Crippen molar-refractivity contribution in [2.45, 2.75) is 64.9 Å². The Morgan fingerprint density at radius 3 is 2.51 bits per heavy atom. The smallest absolute Gasteiger partial charge is 0.320 e. The number of carbonyl (C=O) groups is 3. The van der Waals surface area contributed by atoms with E-state index in [2.05, 4.69) is 25.1 Å². The number of aryl methyl sites for hydroxylation is 1. The Bertz CT molecular complexity index is 1870. The van der Waals surface area contributed by atoms with Crippen LogP contribution in [0.1, 0.15) is 67.5 Å². The number of esters is 1. The van der Waals surface area contributed by atoms with Crippen molar-refractivity contribution in [1.82, 2.24) is 29.2 Å². The number of halogens is 1. The first-order valence-electron chi connectivity index (χ1n) is 16.7. The zero-order chi connectivity index (χ0) is 34.3. The summed E-state index contributed by atoms with van der Waals surface area (Å²) in [4.78, 5) is 54.6. The molecule has 258 valence electrons. The van der Waals surface area contributed by atoms with E-state index in [4.69, 9.17) is 4.74 Å². The van der Waals surface area contributed by atoms with E-state index < -0.39 is 29.3 Å². The average Bonchev–Trinajstić information content (AvgIpc) is 3.86. The molecule has 1 fully saturated rings. The van der Waals surface area contributed by atoms with Gasteiger partial charge in [0.1, 0.15) is 11.4 Å². The van der Waals surface area contributed by atoms with E-state index in [9.17, 15) is 14.4 Å². The highest BCUT2D eigenvalue weighted by molar-refractivity contribution is 7.13. The third kappa shape index (κ3) is 7.15. The summed E-state index contributed by atoms with van der Waals surface area (Å²) in [5.74, 6) is -1.51. The van der Waals surface area contributed by atoms with E-state index in [0.29, 0.717) is 22.9 Å². The molecule has 11 nitrogen and oxygen atoms in total. The highest BCUT2D eigenvalue weighted by atomic mass is 32.1. The van der Waals surface area contributed by atoms with E-state index in [1.54, 1.807) is 24.0 Å². The predicted molar refractivity (Wildman–Crippen MR) is 185 cm³/mol. The zero-order valence-electron chi connectivity index (χ0n) is 27.9. The SMILES string of the molecule is CC(C)(C)OC(=O)CN1CCN(Cc2ccc(-c3cc(F)c4c(c3)C(=O)N(C(C(=O)Nc3nccs3)c3ncn5c3CCC5)C4)cc2)CC1.[HH]. The lowest BCUT2D eigenvalue weighted by Crippen LogP contribution is -2.48. The number of anilines is 1. The molecule has 2 aromatic heterocycles. The van der Waals surface area contributed by atoms with E-state index in [0.717, 1.165) is 68.9 Å². The second-order valence-corrected chi connectivity index (χ2v) is 14.7. The van der Waals surface area contributed by atoms with E-state index in [1.165, 1.54) is 22.3 Å². The monoisotopic (exact) mass is 687 g/mol. The van der Waals surface area contributed by atoms with Crippen molar-refractivity contribution in [3.63, 3.8) is 0 Å². The maximum absolute atomic E-state index is 15.7. The van der Waals surface area contributed by atoms with Crippen molar-refractivity contribution in [2.24, 2.45) is 0 Å². The predicted octanol–water partition coefficient (Wildman–Crippen LogP) is 5.13. The molecule has 1 unspecified atom stereocenters. The molecule has 49 heavy (non-hydrogen) atoms. The average molecular weight is 688 g/mol. The Kier molecular flexibility index (Phi) is 9.07. The number of nitrogens with one attached hydrogen (secondary N) is 1. The maximum Gasteiger partial charge on any atom is 0.320 e. The van der Waals surface area contributed by atoms with Crippen LogP contribution in [0.15, 0.2) is 54.3 Å². The normalized spacial score (nSPS) is 17.2. The second kappa shape index (κ2) is 13.4. The van der Waals surface area contributed by atoms with Crippen LogP contribution in [-0.4, -0.2) is 85.3 Å². The summed E-state index contributed by atoms with van der Waals surface area (Å²) in [6.07, 6.45) is 5.00. The lowest BCUT2D eigenvalue weighted by Gasteiger charge is -2.34. The number of piperazine rings is 1. The topological polar surface area (TPSA) is 113 Å². The molecule has 0 aliphatic carbocycles. The highest BCUT2D eigenvalue weighted by Gasteiger charge is 2.42. The molecule has 5 heterocycles. The van der Waals surface area contributed by atoms with Crippen molar-refractivity contribution in [2.75, 3.05) is 38.0 Å². The number of hydrogen-bond donors (Lipinski definition) is 1. The van der Waals surface area contributed by atoms with Crippen LogP contribution >= 0.6 is 11.3 Å². The van der Waals surface area contributed by atoms with Gasteiger partial charge in [0.2, 0.25) is 0 Å². The highest BCUT2D eigenvalue weighted by Crippen LogP contribution is 2.38. The molecule has 13 heteroatoms. The van der Waals surface area contributed by atoms with Gasteiger partial charge < -0.3 is 14.2 Å². The van der Waals surface area contributed by atoms with Crippen LogP contribution in [0.4, 0.5) is 9.52 Å². The van der Waals surface area contributed by atoms with Crippen molar-refractivity contribution in [3.05, 3.63) is 88.2 Å². The van der Waals surface area contributed by atoms with Gasteiger partial charge in [-0.15, -0.1) is 11.3 Å². The number of carbonyl (C=O) groups excluding carboxylic acids is 3. The molecule has 0 bridgehead atoms. The molecule has 4 aromatic rings. The molecule has 1 N–H and O–H groups in total. The molecule has 0 spiro atoms. The molecule has 1 atom stereocenters. The van der Waals surface area contributed by atoms with Crippen molar-refractivity contribution >= 4 is 34.3 Å². The van der Waals surface area contributed by atoms with E-state index in [-0.39, 0.29) is 25.1 Å². The minimum Gasteiger partial charge on any atom is -0.459 e. The first-order valence-corrected chi connectivity index (χ1v) is 17.5. The van der Waals surface area contributed by atoms with Gasteiger partial charge in [-0.3, -0.25) is 29.5 Å². The van der Waals surface area contributed by atoms with Gasteiger partial charge in [0.25, 0.3) is 11.8 Å². The number of imidazole rings is 1. The fourth-order valence-electron chi connectivity index (χ4n) is 6.89. The van der Waals surface area contributed by atoms with Crippen molar-refractivity contribution < 1.29 is 24.9 Å². The van der Waals surface area contributed by atoms with Gasteiger partial charge in [0, 0.05) is 69.1 Å². The van der Waals surface area contributed by atoms with Crippen LogP contribution in [0, 0.1) is 5.82 Å². The molecule has 3 aliphatic heterocycles. The van der Waals surface area contributed by atoms with E-state index >= 15 is 4.39 Å². The standard InChI is InChI=1S/C36H40FN7O4S.H2/c1-36(2,3)48-30(45)21-42-14-12-41(13-15-42)19-23-6-8-24(9-7-23)25-17-26-27(28(37)18-25)20-44(34(26)47)32(33(46)40-35-38-10-16-49-35)31-29-5-4-11-43(29)22-39-31;/h6-10,16-18,22,32H,4-5,11-15,19-21H2,1-3H3,(H,38,40,46);1H. The van der Waals surface area contributed by atoms with Crippen LogP contribution in [0.25, 0.3) is 11.1 Å². The first-order chi connectivity index (χ1) is 23.5. The Labute approximate surface area is 290 Å². The largest absolute Gasteiger partial charge is 0.459 e. The molecule has 2 aromatic carbocycles. The Hall–Kier alpha value is -4.46. The summed E-state index contributed by atoms with van der Waals surface area (Å²) in [5.41, 5.74) is 4.00. The second-order valence-electron chi connectivity index (χ2n) is 13.9. The lowest BCUT2D eigenvalue weighted by atomic mass is 9.99. The van der Waals surface area contributed by atoms with Crippen LogP contribution in [0.2, 0.25) is 0 Å². The number of fused-ring (bicyclic) bond motifs is 2. The number of rotatable bonds is 9. The van der Waals surface area contributed by atoms with Crippen molar-refractivity contribution in [1.29, 1.82) is 0 Å². The fraction of sp³-hybridized carbons (Fsp3) is 0.417. The number of benzene rings is 2. The number of aromatic nitrogens is 3. The molecule has 2 amide bonds. The minimum absolute atomic E-state index is 0. The molecule has 0 saturated carbocycles. The van der Waals surface area contributed by atoms with Gasteiger partial charge in [-0.25, -0.2) is 14.4 Å². The van der Waals surface area contributed by atoms with Crippen LogP contribution in [0.3, 0.4) is 0 Å². The Morgan fingerprint density at radius 2 is 1.80 bits per heavy atom. The summed E-state index contributed by atoms with van der Waals surface area (Å²) in [6.45, 7) is 10.7. The van der Waals surface area contributed by atoms with Crippen LogP contribution < -0.4 is 5.32 Å². The molecule has 7 rings (SSSR count). The molecular formula is C36H42FN7O4S.